The van der Waals surface area contributed by atoms with Crippen molar-refractivity contribution in [3.8, 4) is 17.0 Å². The Morgan fingerprint density at radius 3 is 2.57 bits per heavy atom. The molecule has 1 aromatic heterocycles. The third-order valence-electron chi connectivity index (χ3n) is 5.90. The Balaban J connectivity index is 1.62. The minimum Gasteiger partial charge on any atom is -0.490 e. The van der Waals surface area contributed by atoms with Crippen LogP contribution in [0, 0.1) is 5.92 Å². The maximum absolute atomic E-state index is 12.9. The second kappa shape index (κ2) is 7.88. The summed E-state index contributed by atoms with van der Waals surface area (Å²) in [5, 5.41) is 0. The van der Waals surface area contributed by atoms with Crippen molar-refractivity contribution < 1.29 is 26.3 Å². The molecule has 0 unspecified atom stereocenters. The molecule has 4 rings (SSSR count). The van der Waals surface area contributed by atoms with Crippen LogP contribution in [-0.4, -0.2) is 37.3 Å². The number of aromatic nitrogens is 2. The van der Waals surface area contributed by atoms with Crippen LogP contribution in [0.2, 0.25) is 0 Å². The van der Waals surface area contributed by atoms with Crippen molar-refractivity contribution in [3.63, 3.8) is 0 Å². The van der Waals surface area contributed by atoms with Gasteiger partial charge in [0.15, 0.2) is 0 Å². The predicted octanol–water partition coefficient (Wildman–Crippen LogP) is 3.90. The number of halogens is 3. The summed E-state index contributed by atoms with van der Waals surface area (Å²) in [5.74, 6) is 0.0943. The maximum atomic E-state index is 12.9. The van der Waals surface area contributed by atoms with Gasteiger partial charge in [-0.05, 0) is 57.4 Å². The van der Waals surface area contributed by atoms with Gasteiger partial charge in [0, 0.05) is 24.7 Å². The molecule has 2 aromatic rings. The molecule has 0 bridgehead atoms. The predicted molar refractivity (Wildman–Crippen MR) is 105 cm³/mol. The van der Waals surface area contributed by atoms with E-state index in [0.29, 0.717) is 29.8 Å². The van der Waals surface area contributed by atoms with Crippen LogP contribution >= 0.6 is 0 Å². The molecule has 2 heterocycles. The molecule has 0 spiro atoms. The number of hydrogen-bond donors (Lipinski definition) is 1. The highest BCUT2D eigenvalue weighted by atomic mass is 32.2. The molecule has 10 heteroatoms. The zero-order chi connectivity index (χ0) is 21.5. The summed E-state index contributed by atoms with van der Waals surface area (Å²) in [6.45, 7) is 0.856. The number of benzene rings is 1. The number of imidazole rings is 1. The van der Waals surface area contributed by atoms with Crippen LogP contribution < -0.4 is 9.46 Å². The summed E-state index contributed by atoms with van der Waals surface area (Å²) in [6, 6.07) is 4.52. The zero-order valence-electron chi connectivity index (χ0n) is 16.6. The van der Waals surface area contributed by atoms with Gasteiger partial charge < -0.3 is 9.30 Å². The average Bonchev–Trinajstić information content (AvgIpc) is 3.30. The summed E-state index contributed by atoms with van der Waals surface area (Å²) < 4.78 is 73.8. The molecule has 0 saturated heterocycles. The molecule has 0 atom stereocenters. The van der Waals surface area contributed by atoms with Crippen LogP contribution in [0.4, 0.5) is 13.2 Å². The Morgan fingerprint density at radius 2 is 1.93 bits per heavy atom. The molecular formula is C20H24F3N3O3S. The van der Waals surface area contributed by atoms with Crippen molar-refractivity contribution in [2.45, 2.75) is 62.2 Å². The number of nitrogens with zero attached hydrogens (tertiary/aromatic N) is 2. The Hall–Kier alpha value is -2.07. The fourth-order valence-electron chi connectivity index (χ4n) is 4.17. The van der Waals surface area contributed by atoms with Crippen LogP contribution in [0.3, 0.4) is 0 Å². The third-order valence-corrected chi connectivity index (χ3v) is 7.31. The number of rotatable bonds is 5. The van der Waals surface area contributed by atoms with Crippen LogP contribution in [0.25, 0.3) is 11.3 Å². The average molecular weight is 443 g/mol. The molecule has 2 aliphatic rings. The molecular weight excluding hydrogens is 419 g/mol. The normalized spacial score (nSPS) is 22.1. The number of fused-ring (bicyclic) bond motifs is 1. The summed E-state index contributed by atoms with van der Waals surface area (Å²) >= 11 is 0. The summed E-state index contributed by atoms with van der Waals surface area (Å²) in [5.41, 5.74) is 1.14. The van der Waals surface area contributed by atoms with E-state index in [1.54, 1.807) is 6.07 Å². The lowest BCUT2D eigenvalue weighted by Crippen LogP contribution is -2.32. The highest BCUT2D eigenvalue weighted by Gasteiger charge is 2.41. The van der Waals surface area contributed by atoms with Crippen LogP contribution in [0.15, 0.2) is 29.3 Å². The summed E-state index contributed by atoms with van der Waals surface area (Å²) in [6.07, 6.45) is -0.0854. The molecule has 1 N–H and O–H groups in total. The van der Waals surface area contributed by atoms with Crippen molar-refractivity contribution in [3.05, 3.63) is 30.2 Å². The topological polar surface area (TPSA) is 73.2 Å². The van der Waals surface area contributed by atoms with Crippen LogP contribution in [-0.2, 0) is 23.0 Å². The summed E-state index contributed by atoms with van der Waals surface area (Å²) in [7, 11) is -2.33. The fourth-order valence-corrected chi connectivity index (χ4v) is 4.93. The standard InChI is InChI=1S/C20H24F3N3O3S/c1-24-30(27,28)15-8-9-18(29-14-6-4-13(5-7-14)20(21,22)23)16(11-15)17-12-26-10-2-3-19(26)25-17/h8-9,11-14,24H,2-7,10H2,1H3. The monoisotopic (exact) mass is 443 g/mol. The van der Waals surface area contributed by atoms with Crippen molar-refractivity contribution in [2.24, 2.45) is 5.92 Å². The lowest BCUT2D eigenvalue weighted by molar-refractivity contribution is -0.185. The molecule has 0 amide bonds. The minimum absolute atomic E-state index is 0.0362. The van der Waals surface area contributed by atoms with Crippen molar-refractivity contribution in [1.29, 1.82) is 0 Å². The molecule has 1 aliphatic heterocycles. The number of nitrogens with one attached hydrogen (secondary N) is 1. The second-order valence-electron chi connectivity index (χ2n) is 7.84. The first-order valence-corrected chi connectivity index (χ1v) is 11.5. The van der Waals surface area contributed by atoms with Gasteiger partial charge in [0.25, 0.3) is 0 Å². The van der Waals surface area contributed by atoms with Gasteiger partial charge in [-0.2, -0.15) is 13.2 Å². The van der Waals surface area contributed by atoms with E-state index in [-0.39, 0.29) is 23.8 Å². The first kappa shape index (κ1) is 21.2. The van der Waals surface area contributed by atoms with E-state index in [1.165, 1.54) is 19.2 Å². The van der Waals surface area contributed by atoms with Crippen molar-refractivity contribution in [1.82, 2.24) is 14.3 Å². The molecule has 0 radical (unpaired) electrons. The molecule has 1 fully saturated rings. The lowest BCUT2D eigenvalue weighted by atomic mass is 9.87. The number of ether oxygens (including phenoxy) is 1. The molecule has 6 nitrogen and oxygen atoms in total. The van der Waals surface area contributed by atoms with Crippen molar-refractivity contribution in [2.75, 3.05) is 7.05 Å². The van der Waals surface area contributed by atoms with E-state index >= 15 is 0 Å². The number of hydrogen-bond acceptors (Lipinski definition) is 4. The Labute approximate surface area is 173 Å². The largest absolute Gasteiger partial charge is 0.490 e. The molecule has 30 heavy (non-hydrogen) atoms. The van der Waals surface area contributed by atoms with Gasteiger partial charge >= 0.3 is 6.18 Å². The smallest absolute Gasteiger partial charge is 0.391 e. The molecule has 1 aromatic carbocycles. The van der Waals surface area contributed by atoms with E-state index in [4.69, 9.17) is 4.74 Å². The van der Waals surface area contributed by atoms with Gasteiger partial charge in [-0.1, -0.05) is 0 Å². The van der Waals surface area contributed by atoms with Gasteiger partial charge in [-0.25, -0.2) is 18.1 Å². The minimum atomic E-state index is -4.17. The Morgan fingerprint density at radius 1 is 1.20 bits per heavy atom. The quantitative estimate of drug-likeness (QED) is 0.761. The van der Waals surface area contributed by atoms with Gasteiger partial charge in [-0.3, -0.25) is 0 Å². The highest BCUT2D eigenvalue weighted by molar-refractivity contribution is 7.89. The first-order valence-electron chi connectivity index (χ1n) is 10.0. The zero-order valence-corrected chi connectivity index (χ0v) is 17.4. The Bertz CT molecular complexity index is 1000. The van der Waals surface area contributed by atoms with E-state index in [1.807, 2.05) is 10.8 Å². The van der Waals surface area contributed by atoms with Crippen LogP contribution in [0.1, 0.15) is 37.9 Å². The van der Waals surface area contributed by atoms with E-state index in [9.17, 15) is 21.6 Å². The van der Waals surface area contributed by atoms with Gasteiger partial charge in [0.05, 0.1) is 22.6 Å². The molecule has 164 valence electrons. The molecule has 1 saturated carbocycles. The fraction of sp³-hybridized carbons (Fsp3) is 0.550. The van der Waals surface area contributed by atoms with Gasteiger partial charge in [0.1, 0.15) is 11.6 Å². The Kier molecular flexibility index (Phi) is 5.56. The van der Waals surface area contributed by atoms with Crippen molar-refractivity contribution >= 4 is 10.0 Å². The number of alkyl halides is 3. The lowest BCUT2D eigenvalue weighted by Gasteiger charge is -2.30. The first-order chi connectivity index (χ1) is 14.2. The van der Waals surface area contributed by atoms with Gasteiger partial charge in [0.2, 0.25) is 10.0 Å². The van der Waals surface area contributed by atoms with Crippen LogP contribution in [0.5, 0.6) is 5.75 Å². The SMILES string of the molecule is CNS(=O)(=O)c1ccc(OC2CCC(C(F)(F)F)CC2)c(-c2cn3c(n2)CCC3)c1. The maximum Gasteiger partial charge on any atom is 0.391 e. The van der Waals surface area contributed by atoms with Gasteiger partial charge in [-0.15, -0.1) is 0 Å². The molecule has 1 aliphatic carbocycles. The number of sulfonamides is 1. The summed E-state index contributed by atoms with van der Waals surface area (Å²) in [4.78, 5) is 4.71. The highest BCUT2D eigenvalue weighted by Crippen LogP contribution is 2.40. The third kappa shape index (κ3) is 4.20. The number of aryl methyl sites for hydroxylation is 2. The van der Waals surface area contributed by atoms with E-state index < -0.39 is 22.1 Å². The second-order valence-corrected chi connectivity index (χ2v) is 9.72. The van der Waals surface area contributed by atoms with E-state index in [2.05, 4.69) is 9.71 Å². The van der Waals surface area contributed by atoms with E-state index in [0.717, 1.165) is 25.2 Å².